The van der Waals surface area contributed by atoms with Crippen molar-refractivity contribution in [3.63, 3.8) is 0 Å². The van der Waals surface area contributed by atoms with Crippen molar-refractivity contribution in [2.45, 2.75) is 17.9 Å². The van der Waals surface area contributed by atoms with Crippen LogP contribution in [0.3, 0.4) is 0 Å². The molecule has 2 rings (SSSR count). The van der Waals surface area contributed by atoms with Crippen LogP contribution in [0.2, 0.25) is 0 Å². The Bertz CT molecular complexity index is 546. The van der Waals surface area contributed by atoms with Gasteiger partial charge in [-0.1, -0.05) is 22.9 Å². The zero-order chi connectivity index (χ0) is 13.3. The van der Waals surface area contributed by atoms with Crippen molar-refractivity contribution in [1.29, 1.82) is 0 Å². The molecule has 0 aromatic heterocycles. The van der Waals surface area contributed by atoms with E-state index in [9.17, 15) is 12.8 Å². The molecule has 4 nitrogen and oxygen atoms in total. The van der Waals surface area contributed by atoms with Crippen molar-refractivity contribution in [2.24, 2.45) is 0 Å². The first-order chi connectivity index (χ1) is 8.46. The van der Waals surface area contributed by atoms with Crippen molar-refractivity contribution in [3.05, 3.63) is 28.5 Å². The summed E-state index contributed by atoms with van der Waals surface area (Å²) >= 11 is 3.11. The molecule has 7 heteroatoms. The highest BCUT2D eigenvalue weighted by molar-refractivity contribution is 9.10. The highest BCUT2D eigenvalue weighted by atomic mass is 79.9. The standard InChI is InChI=1S/C11H14BrFN2O2S/c1-2-15(9-6-14-7-9)18(16,17)11-4-3-8(12)5-10(11)13/h3-5,9,14H,2,6-7H2,1H3. The second kappa shape index (κ2) is 5.24. The molecule has 0 aliphatic carbocycles. The molecular weight excluding hydrogens is 323 g/mol. The number of halogens is 2. The van der Waals surface area contributed by atoms with E-state index in [1.165, 1.54) is 22.5 Å². The fourth-order valence-corrected chi connectivity index (χ4v) is 3.92. The van der Waals surface area contributed by atoms with Crippen LogP contribution >= 0.6 is 15.9 Å². The third-order valence-electron chi connectivity index (χ3n) is 2.96. The van der Waals surface area contributed by atoms with Gasteiger partial charge in [-0.25, -0.2) is 12.8 Å². The van der Waals surface area contributed by atoms with E-state index in [0.717, 1.165) is 0 Å². The van der Waals surface area contributed by atoms with E-state index in [4.69, 9.17) is 0 Å². The third-order valence-corrected chi connectivity index (χ3v) is 5.51. The zero-order valence-electron chi connectivity index (χ0n) is 9.86. The van der Waals surface area contributed by atoms with Crippen LogP contribution in [0, 0.1) is 5.82 Å². The van der Waals surface area contributed by atoms with Gasteiger partial charge in [0.2, 0.25) is 10.0 Å². The molecule has 0 spiro atoms. The summed E-state index contributed by atoms with van der Waals surface area (Å²) in [5, 5.41) is 3.02. The van der Waals surface area contributed by atoms with E-state index in [2.05, 4.69) is 21.2 Å². The second-order valence-corrected chi connectivity index (χ2v) is 6.87. The normalized spacial score (nSPS) is 16.9. The molecule has 1 aromatic rings. The molecule has 1 fully saturated rings. The van der Waals surface area contributed by atoms with Crippen molar-refractivity contribution in [1.82, 2.24) is 9.62 Å². The maximum atomic E-state index is 13.8. The number of benzene rings is 1. The molecule has 0 radical (unpaired) electrons. The summed E-state index contributed by atoms with van der Waals surface area (Å²) in [7, 11) is -3.76. The second-order valence-electron chi connectivity index (χ2n) is 4.10. The van der Waals surface area contributed by atoms with Gasteiger partial charge < -0.3 is 5.32 Å². The fourth-order valence-electron chi connectivity index (χ4n) is 1.91. The summed E-state index contributed by atoms with van der Waals surface area (Å²) in [5.74, 6) is -0.727. The van der Waals surface area contributed by atoms with E-state index in [1.54, 1.807) is 6.92 Å². The number of likely N-dealkylation sites (N-methyl/N-ethyl adjacent to an activating group) is 1. The number of rotatable bonds is 4. The van der Waals surface area contributed by atoms with Gasteiger partial charge >= 0.3 is 0 Å². The van der Waals surface area contributed by atoms with Gasteiger partial charge in [-0.15, -0.1) is 0 Å². The van der Waals surface area contributed by atoms with Crippen LogP contribution in [0.15, 0.2) is 27.6 Å². The quantitative estimate of drug-likeness (QED) is 0.907. The van der Waals surface area contributed by atoms with Gasteiger partial charge in [0.1, 0.15) is 10.7 Å². The Kier molecular flexibility index (Phi) is 4.05. The molecule has 0 amide bonds. The zero-order valence-corrected chi connectivity index (χ0v) is 12.3. The minimum absolute atomic E-state index is 0.0805. The lowest BCUT2D eigenvalue weighted by molar-refractivity contribution is 0.249. The van der Waals surface area contributed by atoms with Crippen LogP contribution in [0.4, 0.5) is 4.39 Å². The van der Waals surface area contributed by atoms with Crippen LogP contribution < -0.4 is 5.32 Å². The van der Waals surface area contributed by atoms with Crippen LogP contribution in [0.1, 0.15) is 6.92 Å². The maximum absolute atomic E-state index is 13.8. The monoisotopic (exact) mass is 336 g/mol. The van der Waals surface area contributed by atoms with Crippen molar-refractivity contribution < 1.29 is 12.8 Å². The highest BCUT2D eigenvalue weighted by Gasteiger charge is 2.35. The summed E-state index contributed by atoms with van der Waals surface area (Å²) in [6, 6.07) is 3.91. The number of hydrogen-bond acceptors (Lipinski definition) is 3. The first-order valence-corrected chi connectivity index (χ1v) is 7.87. The Balaban J connectivity index is 2.39. The molecule has 1 heterocycles. The Morgan fingerprint density at radius 3 is 2.61 bits per heavy atom. The van der Waals surface area contributed by atoms with Gasteiger partial charge in [-0.05, 0) is 18.2 Å². The van der Waals surface area contributed by atoms with Crippen LogP contribution in [-0.2, 0) is 10.0 Å². The molecule has 1 aliphatic heterocycles. The summed E-state index contributed by atoms with van der Waals surface area (Å²) < 4.78 is 40.4. The van der Waals surface area contributed by atoms with Gasteiger partial charge in [0.05, 0.1) is 6.04 Å². The first kappa shape index (κ1) is 13.9. The van der Waals surface area contributed by atoms with Gasteiger partial charge in [0.15, 0.2) is 0 Å². The Morgan fingerprint density at radius 2 is 2.17 bits per heavy atom. The Hall–Kier alpha value is -0.500. The molecule has 0 saturated carbocycles. The van der Waals surface area contributed by atoms with Crippen molar-refractivity contribution >= 4 is 26.0 Å². The molecular formula is C11H14BrFN2O2S. The average Bonchev–Trinajstić information content (AvgIpc) is 2.22. The number of nitrogens with zero attached hydrogens (tertiary/aromatic N) is 1. The topological polar surface area (TPSA) is 49.4 Å². The molecule has 1 aliphatic rings. The van der Waals surface area contributed by atoms with Gasteiger partial charge in [-0.2, -0.15) is 4.31 Å². The van der Waals surface area contributed by atoms with E-state index >= 15 is 0 Å². The lowest BCUT2D eigenvalue weighted by atomic mass is 10.2. The van der Waals surface area contributed by atoms with Gasteiger partial charge in [0.25, 0.3) is 0 Å². The predicted octanol–water partition coefficient (Wildman–Crippen LogP) is 1.57. The summed E-state index contributed by atoms with van der Waals surface area (Å²) in [5.41, 5.74) is 0. The molecule has 0 atom stereocenters. The largest absolute Gasteiger partial charge is 0.313 e. The first-order valence-electron chi connectivity index (χ1n) is 5.64. The smallest absolute Gasteiger partial charge is 0.246 e. The van der Waals surface area contributed by atoms with E-state index in [1.807, 2.05) is 0 Å². The molecule has 0 unspecified atom stereocenters. The van der Waals surface area contributed by atoms with Crippen molar-refractivity contribution in [2.75, 3.05) is 19.6 Å². The van der Waals surface area contributed by atoms with Crippen LogP contribution in [-0.4, -0.2) is 38.4 Å². The van der Waals surface area contributed by atoms with E-state index in [0.29, 0.717) is 24.1 Å². The summed E-state index contributed by atoms with van der Waals surface area (Å²) in [6.45, 7) is 3.33. The molecule has 0 bridgehead atoms. The summed E-state index contributed by atoms with van der Waals surface area (Å²) in [4.78, 5) is -0.264. The number of nitrogens with one attached hydrogen (secondary N) is 1. The lowest BCUT2D eigenvalue weighted by Crippen LogP contribution is -2.58. The molecule has 1 N–H and O–H groups in total. The van der Waals surface area contributed by atoms with E-state index < -0.39 is 15.8 Å². The average molecular weight is 337 g/mol. The maximum Gasteiger partial charge on any atom is 0.246 e. The lowest BCUT2D eigenvalue weighted by Gasteiger charge is -2.36. The van der Waals surface area contributed by atoms with E-state index in [-0.39, 0.29) is 10.9 Å². The Labute approximate surface area is 114 Å². The van der Waals surface area contributed by atoms with Crippen LogP contribution in [0.25, 0.3) is 0 Å². The summed E-state index contributed by atoms with van der Waals surface area (Å²) in [6.07, 6.45) is 0. The third kappa shape index (κ3) is 2.45. The number of sulfonamides is 1. The SMILES string of the molecule is CCN(C1CNC1)S(=O)(=O)c1ccc(Br)cc1F. The number of hydrogen-bond donors (Lipinski definition) is 1. The van der Waals surface area contributed by atoms with Gasteiger partial charge in [0, 0.05) is 24.1 Å². The fraction of sp³-hybridized carbons (Fsp3) is 0.455. The van der Waals surface area contributed by atoms with Crippen molar-refractivity contribution in [3.8, 4) is 0 Å². The molecule has 18 heavy (non-hydrogen) atoms. The predicted molar refractivity (Wildman–Crippen MR) is 70.3 cm³/mol. The Morgan fingerprint density at radius 1 is 1.50 bits per heavy atom. The van der Waals surface area contributed by atoms with Crippen LogP contribution in [0.5, 0.6) is 0 Å². The molecule has 100 valence electrons. The minimum atomic E-state index is -3.76. The highest BCUT2D eigenvalue weighted by Crippen LogP contribution is 2.24. The molecule has 1 aromatic carbocycles. The molecule has 1 saturated heterocycles. The minimum Gasteiger partial charge on any atom is -0.313 e. The van der Waals surface area contributed by atoms with Gasteiger partial charge in [-0.3, -0.25) is 0 Å².